The van der Waals surface area contributed by atoms with Crippen molar-refractivity contribution < 1.29 is 23.1 Å². The standard InChI is InChI=1S/C25H28FN3O4/c1-31-22-5-3-6-23(32-2)24(22)25(30)27-17-20(21-7-4-16-33-21)29-14-12-28(13-15-29)19-10-8-18(26)9-11-19/h3-11,16,20H,12-15,17H2,1-2H3,(H,27,30). The molecule has 1 aromatic heterocycles. The van der Waals surface area contributed by atoms with E-state index in [1.165, 1.54) is 26.4 Å². The number of benzene rings is 2. The Bertz CT molecular complexity index is 1030. The van der Waals surface area contributed by atoms with Gasteiger partial charge in [-0.3, -0.25) is 9.69 Å². The lowest BCUT2D eigenvalue weighted by Crippen LogP contribution is -2.49. The van der Waals surface area contributed by atoms with Crippen molar-refractivity contribution in [2.24, 2.45) is 0 Å². The van der Waals surface area contributed by atoms with Crippen molar-refractivity contribution in [1.82, 2.24) is 10.2 Å². The zero-order chi connectivity index (χ0) is 23.2. The zero-order valence-corrected chi connectivity index (χ0v) is 18.8. The van der Waals surface area contributed by atoms with Crippen LogP contribution in [-0.2, 0) is 0 Å². The van der Waals surface area contributed by atoms with Crippen LogP contribution in [0.4, 0.5) is 10.1 Å². The molecule has 3 aromatic rings. The van der Waals surface area contributed by atoms with Crippen LogP contribution in [-0.4, -0.2) is 57.8 Å². The summed E-state index contributed by atoms with van der Waals surface area (Å²) in [5.41, 5.74) is 1.36. The maximum absolute atomic E-state index is 13.3. The van der Waals surface area contributed by atoms with E-state index in [0.29, 0.717) is 23.6 Å². The van der Waals surface area contributed by atoms with E-state index in [-0.39, 0.29) is 17.8 Å². The average Bonchev–Trinajstić information content (AvgIpc) is 3.39. The molecule has 4 rings (SSSR count). The van der Waals surface area contributed by atoms with Crippen molar-refractivity contribution in [2.45, 2.75) is 6.04 Å². The van der Waals surface area contributed by atoms with Gasteiger partial charge >= 0.3 is 0 Å². The Hall–Kier alpha value is -3.52. The van der Waals surface area contributed by atoms with Gasteiger partial charge < -0.3 is 24.1 Å². The molecule has 1 saturated heterocycles. The molecule has 1 atom stereocenters. The molecule has 0 aliphatic carbocycles. The quantitative estimate of drug-likeness (QED) is 0.561. The number of piperazine rings is 1. The van der Waals surface area contributed by atoms with E-state index in [1.54, 1.807) is 36.6 Å². The molecule has 0 saturated carbocycles. The van der Waals surface area contributed by atoms with Gasteiger partial charge in [0.2, 0.25) is 0 Å². The van der Waals surface area contributed by atoms with Crippen LogP contribution < -0.4 is 19.7 Å². The van der Waals surface area contributed by atoms with Crippen LogP contribution in [0.1, 0.15) is 22.2 Å². The first-order valence-electron chi connectivity index (χ1n) is 10.9. The third-order valence-electron chi connectivity index (χ3n) is 5.93. The molecule has 1 aliphatic heterocycles. The number of amides is 1. The van der Waals surface area contributed by atoms with E-state index in [4.69, 9.17) is 13.9 Å². The van der Waals surface area contributed by atoms with Crippen LogP contribution in [0.25, 0.3) is 0 Å². The van der Waals surface area contributed by atoms with Gasteiger partial charge in [0.05, 0.1) is 26.5 Å². The molecule has 1 unspecified atom stereocenters. The fraction of sp³-hybridized carbons (Fsp3) is 0.320. The molecule has 8 heteroatoms. The summed E-state index contributed by atoms with van der Waals surface area (Å²) in [6.07, 6.45) is 1.64. The van der Waals surface area contributed by atoms with Gasteiger partial charge in [0.15, 0.2) is 0 Å². The van der Waals surface area contributed by atoms with Crippen molar-refractivity contribution in [3.05, 3.63) is 78.0 Å². The normalized spacial score (nSPS) is 15.2. The van der Waals surface area contributed by atoms with Crippen molar-refractivity contribution in [1.29, 1.82) is 0 Å². The number of carbonyl (C=O) groups is 1. The largest absolute Gasteiger partial charge is 0.496 e. The second-order valence-corrected chi connectivity index (χ2v) is 7.78. The van der Waals surface area contributed by atoms with Gasteiger partial charge in [-0.1, -0.05) is 6.07 Å². The Labute approximate surface area is 192 Å². The highest BCUT2D eigenvalue weighted by atomic mass is 19.1. The van der Waals surface area contributed by atoms with Gasteiger partial charge in [0.1, 0.15) is 28.6 Å². The van der Waals surface area contributed by atoms with Crippen molar-refractivity contribution in [3.8, 4) is 11.5 Å². The number of halogens is 1. The Morgan fingerprint density at radius 3 is 2.24 bits per heavy atom. The highest BCUT2D eigenvalue weighted by Gasteiger charge is 2.28. The molecular weight excluding hydrogens is 425 g/mol. The van der Waals surface area contributed by atoms with Crippen molar-refractivity contribution in [3.63, 3.8) is 0 Å². The first kappa shape index (κ1) is 22.7. The molecule has 0 spiro atoms. The maximum atomic E-state index is 13.3. The molecule has 174 valence electrons. The number of hydrogen-bond acceptors (Lipinski definition) is 6. The van der Waals surface area contributed by atoms with Crippen molar-refractivity contribution >= 4 is 11.6 Å². The number of ether oxygens (including phenoxy) is 2. The molecule has 1 N–H and O–H groups in total. The average molecular weight is 454 g/mol. The minimum atomic E-state index is -0.272. The molecule has 2 heterocycles. The summed E-state index contributed by atoms with van der Waals surface area (Å²) in [6.45, 7) is 3.49. The lowest BCUT2D eigenvalue weighted by molar-refractivity contribution is 0.0916. The second-order valence-electron chi connectivity index (χ2n) is 7.78. The second kappa shape index (κ2) is 10.4. The number of carbonyl (C=O) groups excluding carboxylic acids is 1. The minimum absolute atomic E-state index is 0.125. The third kappa shape index (κ3) is 5.12. The van der Waals surface area contributed by atoms with E-state index in [1.807, 2.05) is 12.1 Å². The van der Waals surface area contributed by atoms with Gasteiger partial charge in [0.25, 0.3) is 5.91 Å². The number of furan rings is 1. The lowest BCUT2D eigenvalue weighted by atomic mass is 10.1. The summed E-state index contributed by atoms with van der Waals surface area (Å²) < 4.78 is 29.7. The van der Waals surface area contributed by atoms with Gasteiger partial charge in [-0.2, -0.15) is 0 Å². The van der Waals surface area contributed by atoms with Crippen LogP contribution in [0, 0.1) is 5.82 Å². The first-order valence-corrected chi connectivity index (χ1v) is 10.9. The molecule has 1 amide bonds. The first-order chi connectivity index (χ1) is 16.1. The van der Waals surface area contributed by atoms with Gasteiger partial charge in [-0.25, -0.2) is 4.39 Å². The predicted octanol–water partition coefficient (Wildman–Crippen LogP) is 3.73. The van der Waals surface area contributed by atoms with Gasteiger partial charge in [0, 0.05) is 38.4 Å². The van der Waals surface area contributed by atoms with E-state index in [2.05, 4.69) is 15.1 Å². The smallest absolute Gasteiger partial charge is 0.258 e. The summed E-state index contributed by atoms with van der Waals surface area (Å²) in [5, 5.41) is 3.03. The van der Waals surface area contributed by atoms with E-state index >= 15 is 0 Å². The Morgan fingerprint density at radius 2 is 1.67 bits per heavy atom. The number of anilines is 1. The molecule has 0 radical (unpaired) electrons. The number of rotatable bonds is 8. The van der Waals surface area contributed by atoms with Crippen LogP contribution in [0.3, 0.4) is 0 Å². The molecule has 1 aliphatic rings. The highest BCUT2D eigenvalue weighted by Crippen LogP contribution is 2.29. The van der Waals surface area contributed by atoms with Crippen LogP contribution in [0.15, 0.2) is 65.3 Å². The molecule has 7 nitrogen and oxygen atoms in total. The molecule has 33 heavy (non-hydrogen) atoms. The SMILES string of the molecule is COc1cccc(OC)c1C(=O)NCC(c1ccco1)N1CCN(c2ccc(F)cc2)CC1. The topological polar surface area (TPSA) is 67.2 Å². The summed E-state index contributed by atoms with van der Waals surface area (Å²) in [5.74, 6) is 1.18. The predicted molar refractivity (Wildman–Crippen MR) is 124 cm³/mol. The molecule has 2 aromatic carbocycles. The molecular formula is C25H28FN3O4. The monoisotopic (exact) mass is 453 g/mol. The van der Waals surface area contributed by atoms with Crippen LogP contribution in [0.5, 0.6) is 11.5 Å². The zero-order valence-electron chi connectivity index (χ0n) is 18.8. The summed E-state index contributed by atoms with van der Waals surface area (Å²) in [4.78, 5) is 17.6. The highest BCUT2D eigenvalue weighted by molar-refractivity contribution is 5.99. The van der Waals surface area contributed by atoms with Crippen LogP contribution >= 0.6 is 0 Å². The van der Waals surface area contributed by atoms with E-state index in [0.717, 1.165) is 37.6 Å². The summed E-state index contributed by atoms with van der Waals surface area (Å²) >= 11 is 0. The number of nitrogens with zero attached hydrogens (tertiary/aromatic N) is 2. The Morgan fingerprint density at radius 1 is 1.00 bits per heavy atom. The summed E-state index contributed by atoms with van der Waals surface area (Å²) in [6, 6.07) is 15.5. The minimum Gasteiger partial charge on any atom is -0.496 e. The van der Waals surface area contributed by atoms with Gasteiger partial charge in [-0.05, 0) is 48.5 Å². The maximum Gasteiger partial charge on any atom is 0.258 e. The van der Waals surface area contributed by atoms with E-state index in [9.17, 15) is 9.18 Å². The third-order valence-corrected chi connectivity index (χ3v) is 5.93. The van der Waals surface area contributed by atoms with Crippen molar-refractivity contribution in [2.75, 3.05) is 51.8 Å². The fourth-order valence-corrected chi connectivity index (χ4v) is 4.19. The molecule has 1 fully saturated rings. The lowest BCUT2D eigenvalue weighted by Gasteiger charge is -2.39. The fourth-order valence-electron chi connectivity index (χ4n) is 4.19. The number of methoxy groups -OCH3 is 2. The van der Waals surface area contributed by atoms with E-state index < -0.39 is 0 Å². The Balaban J connectivity index is 1.45. The molecule has 0 bridgehead atoms. The number of hydrogen-bond donors (Lipinski definition) is 1. The summed E-state index contributed by atoms with van der Waals surface area (Å²) in [7, 11) is 3.05. The Kier molecular flexibility index (Phi) is 7.14. The number of nitrogens with one attached hydrogen (secondary N) is 1. The van der Waals surface area contributed by atoms with Crippen LogP contribution in [0.2, 0.25) is 0 Å². The van der Waals surface area contributed by atoms with Gasteiger partial charge in [-0.15, -0.1) is 0 Å².